The number of fused-ring (bicyclic) bond motifs is 2. The van der Waals surface area contributed by atoms with Crippen LogP contribution in [0.1, 0.15) is 46.0 Å². The minimum atomic E-state index is -1.66. The van der Waals surface area contributed by atoms with E-state index in [1.54, 1.807) is 6.92 Å². The fraction of sp³-hybridized carbons (Fsp3) is 0.647. The lowest BCUT2D eigenvalue weighted by molar-refractivity contribution is -0.160. The van der Waals surface area contributed by atoms with Gasteiger partial charge in [-0.2, -0.15) is 0 Å². The van der Waals surface area contributed by atoms with Crippen molar-refractivity contribution < 1.29 is 29.0 Å². The molecule has 2 aliphatic carbocycles. The van der Waals surface area contributed by atoms with Gasteiger partial charge in [-0.25, -0.2) is 0 Å². The molecule has 1 saturated carbocycles. The molecule has 0 amide bonds. The van der Waals surface area contributed by atoms with Crippen molar-refractivity contribution >= 4 is 23.1 Å². The number of hydrogen-bond donors (Lipinski definition) is 1. The van der Waals surface area contributed by atoms with Gasteiger partial charge in [0.2, 0.25) is 0 Å². The van der Waals surface area contributed by atoms with Crippen molar-refractivity contribution in [1.82, 2.24) is 0 Å². The number of carbonyl (C=O) groups is 4. The highest BCUT2D eigenvalue weighted by Crippen LogP contribution is 2.50. The van der Waals surface area contributed by atoms with Gasteiger partial charge in [0.05, 0.1) is 6.61 Å². The maximum atomic E-state index is 12.8. The average molecular weight is 320 g/mol. The monoisotopic (exact) mass is 320 g/mol. The van der Waals surface area contributed by atoms with Crippen LogP contribution in [0.3, 0.4) is 0 Å². The molecular weight excluding hydrogens is 300 g/mol. The Morgan fingerprint density at radius 1 is 1.30 bits per heavy atom. The zero-order valence-corrected chi connectivity index (χ0v) is 13.3. The SMILES string of the molecule is CC(=O)CCC1=C(C)C[C@@]2(CC1=O)C(=O)[C@@H]1C[C@@](O)(CO1)C2=O. The Kier molecular flexibility index (Phi) is 3.65. The maximum absolute atomic E-state index is 12.8. The second kappa shape index (κ2) is 5.18. The normalized spacial score (nSPS) is 37.0. The molecule has 1 saturated heterocycles. The van der Waals surface area contributed by atoms with Gasteiger partial charge >= 0.3 is 0 Å². The summed E-state index contributed by atoms with van der Waals surface area (Å²) >= 11 is 0. The first-order valence-electron chi connectivity index (χ1n) is 7.84. The summed E-state index contributed by atoms with van der Waals surface area (Å²) in [4.78, 5) is 49.1. The summed E-state index contributed by atoms with van der Waals surface area (Å²) < 4.78 is 5.27. The zero-order chi connectivity index (χ0) is 17.0. The Balaban J connectivity index is 1.96. The minimum absolute atomic E-state index is 0.0102. The van der Waals surface area contributed by atoms with Gasteiger partial charge in [-0.05, 0) is 32.3 Å². The highest BCUT2D eigenvalue weighted by atomic mass is 16.5. The van der Waals surface area contributed by atoms with E-state index in [0.29, 0.717) is 17.6 Å². The zero-order valence-electron chi connectivity index (χ0n) is 13.3. The van der Waals surface area contributed by atoms with Gasteiger partial charge in [0, 0.05) is 19.3 Å². The van der Waals surface area contributed by atoms with Crippen molar-refractivity contribution in [3.63, 3.8) is 0 Å². The van der Waals surface area contributed by atoms with Gasteiger partial charge in [0.15, 0.2) is 17.3 Å². The third-order valence-corrected chi connectivity index (χ3v) is 5.28. The Labute approximate surface area is 133 Å². The van der Waals surface area contributed by atoms with Crippen molar-refractivity contribution in [3.05, 3.63) is 11.1 Å². The highest BCUT2D eigenvalue weighted by molar-refractivity contribution is 6.19. The maximum Gasteiger partial charge on any atom is 0.181 e. The first kappa shape index (κ1) is 16.2. The fourth-order valence-electron chi connectivity index (χ4n) is 4.08. The van der Waals surface area contributed by atoms with Crippen LogP contribution < -0.4 is 0 Å². The van der Waals surface area contributed by atoms with Crippen molar-refractivity contribution in [3.8, 4) is 0 Å². The second-order valence-electron chi connectivity index (χ2n) is 7.05. The number of rotatable bonds is 3. The van der Waals surface area contributed by atoms with Crippen LogP contribution in [-0.4, -0.2) is 46.6 Å². The first-order chi connectivity index (χ1) is 10.7. The molecule has 0 radical (unpaired) electrons. The van der Waals surface area contributed by atoms with Gasteiger partial charge < -0.3 is 14.6 Å². The van der Waals surface area contributed by atoms with E-state index in [1.807, 2.05) is 0 Å². The van der Waals surface area contributed by atoms with E-state index in [-0.39, 0.29) is 49.6 Å². The fourth-order valence-corrected chi connectivity index (χ4v) is 4.08. The number of Topliss-reactive ketones (excluding diaryl/α,β-unsaturated/α-hetero) is 4. The van der Waals surface area contributed by atoms with Crippen LogP contribution in [0.25, 0.3) is 0 Å². The number of ether oxygens (including phenoxy) is 1. The molecule has 0 unspecified atom stereocenters. The summed E-state index contributed by atoms with van der Waals surface area (Å²) in [5.74, 6) is -1.25. The Hall–Kier alpha value is -1.66. The largest absolute Gasteiger partial charge is 0.379 e. The summed E-state index contributed by atoms with van der Waals surface area (Å²) in [7, 11) is 0. The molecular formula is C17H20O6. The number of hydrogen-bond acceptors (Lipinski definition) is 6. The number of aliphatic hydroxyl groups is 1. The van der Waals surface area contributed by atoms with Crippen LogP contribution in [0.2, 0.25) is 0 Å². The summed E-state index contributed by atoms with van der Waals surface area (Å²) in [5.41, 5.74) is -1.95. The highest BCUT2D eigenvalue weighted by Gasteiger charge is 2.66. The van der Waals surface area contributed by atoms with E-state index < -0.39 is 22.9 Å². The molecule has 2 fully saturated rings. The first-order valence-corrected chi connectivity index (χ1v) is 7.84. The van der Waals surface area contributed by atoms with Crippen LogP contribution in [0, 0.1) is 5.41 Å². The minimum Gasteiger partial charge on any atom is -0.379 e. The molecule has 0 aromatic rings. The smallest absolute Gasteiger partial charge is 0.181 e. The predicted octanol–water partition coefficient (Wildman–Crippen LogP) is 0.693. The van der Waals surface area contributed by atoms with Gasteiger partial charge in [-0.15, -0.1) is 0 Å². The molecule has 6 heteroatoms. The summed E-state index contributed by atoms with van der Waals surface area (Å²) in [6.45, 7) is 3.00. The molecule has 3 aliphatic rings. The average Bonchev–Trinajstić information content (AvgIpc) is 2.84. The molecule has 1 heterocycles. The molecule has 2 bridgehead atoms. The lowest BCUT2D eigenvalue weighted by atomic mass is 9.58. The molecule has 6 nitrogen and oxygen atoms in total. The third-order valence-electron chi connectivity index (χ3n) is 5.28. The molecule has 3 rings (SSSR count). The Morgan fingerprint density at radius 2 is 2.00 bits per heavy atom. The molecule has 0 aromatic carbocycles. The van der Waals surface area contributed by atoms with Crippen LogP contribution in [0.5, 0.6) is 0 Å². The third kappa shape index (κ3) is 2.32. The van der Waals surface area contributed by atoms with Crippen LogP contribution in [0.4, 0.5) is 0 Å². The van der Waals surface area contributed by atoms with E-state index in [4.69, 9.17) is 4.74 Å². The van der Waals surface area contributed by atoms with E-state index in [0.717, 1.165) is 0 Å². The number of allylic oxidation sites excluding steroid dienone is 2. The van der Waals surface area contributed by atoms with Crippen molar-refractivity contribution in [2.24, 2.45) is 5.41 Å². The van der Waals surface area contributed by atoms with E-state index in [1.165, 1.54) is 6.92 Å². The number of ketones is 4. The molecule has 1 spiro atoms. The van der Waals surface area contributed by atoms with E-state index >= 15 is 0 Å². The van der Waals surface area contributed by atoms with Gasteiger partial charge in [0.1, 0.15) is 22.9 Å². The predicted molar refractivity (Wildman–Crippen MR) is 78.6 cm³/mol. The van der Waals surface area contributed by atoms with Crippen LogP contribution >= 0.6 is 0 Å². The van der Waals surface area contributed by atoms with Crippen molar-refractivity contribution in [2.75, 3.05) is 6.61 Å². The quantitative estimate of drug-likeness (QED) is 0.769. The molecule has 3 atom stereocenters. The van der Waals surface area contributed by atoms with Crippen molar-refractivity contribution in [2.45, 2.75) is 57.7 Å². The topological polar surface area (TPSA) is 97.7 Å². The standard InChI is InChI=1S/C17H20O6/c1-9-5-16(6-12(19)11(9)4-3-10(2)18)14(20)13-7-17(22,8-23-13)15(16)21/h13,22H,3-8H2,1-2H3/t13-,16+,17+/m0/s1. The van der Waals surface area contributed by atoms with Gasteiger partial charge in [-0.1, -0.05) is 5.57 Å². The summed E-state index contributed by atoms with van der Waals surface area (Å²) in [5, 5.41) is 10.4. The van der Waals surface area contributed by atoms with E-state index in [2.05, 4.69) is 0 Å². The Morgan fingerprint density at radius 3 is 2.61 bits per heavy atom. The van der Waals surface area contributed by atoms with Crippen LogP contribution in [0.15, 0.2) is 11.1 Å². The number of carbonyl (C=O) groups excluding carboxylic acids is 4. The van der Waals surface area contributed by atoms with Crippen molar-refractivity contribution in [1.29, 1.82) is 0 Å². The summed E-state index contributed by atoms with van der Waals surface area (Å²) in [6, 6.07) is 0. The molecule has 1 N–H and O–H groups in total. The lowest BCUT2D eigenvalue weighted by Gasteiger charge is -2.42. The van der Waals surface area contributed by atoms with Gasteiger partial charge in [0.25, 0.3) is 0 Å². The lowest BCUT2D eigenvalue weighted by Crippen LogP contribution is -2.60. The molecule has 1 aliphatic heterocycles. The molecule has 0 aromatic heterocycles. The molecule has 23 heavy (non-hydrogen) atoms. The second-order valence-corrected chi connectivity index (χ2v) is 7.05. The van der Waals surface area contributed by atoms with Crippen LogP contribution in [-0.2, 0) is 23.9 Å². The molecule has 124 valence electrons. The van der Waals surface area contributed by atoms with Gasteiger partial charge in [-0.3, -0.25) is 14.4 Å². The Bertz CT molecular complexity index is 660. The summed E-state index contributed by atoms with van der Waals surface area (Å²) in [6.07, 6.45) is -0.313. The van der Waals surface area contributed by atoms with E-state index in [9.17, 15) is 24.3 Å².